The van der Waals surface area contributed by atoms with Crippen molar-refractivity contribution >= 4 is 46.0 Å². The van der Waals surface area contributed by atoms with Gasteiger partial charge in [-0.2, -0.15) is 0 Å². The van der Waals surface area contributed by atoms with Gasteiger partial charge in [-0.25, -0.2) is 0 Å². The number of hydrogen-bond donors (Lipinski definition) is 0. The molecule has 1 heterocycles. The van der Waals surface area contributed by atoms with E-state index in [1.807, 2.05) is 0 Å². The Morgan fingerprint density at radius 3 is 1.43 bits per heavy atom. The van der Waals surface area contributed by atoms with Crippen LogP contribution in [0, 0.1) is 6.67 Å². The van der Waals surface area contributed by atoms with Gasteiger partial charge < -0.3 is 9.80 Å². The highest BCUT2D eigenvalue weighted by Gasteiger charge is 2.45. The smallest absolute Gasteiger partial charge is 0.210 e. The van der Waals surface area contributed by atoms with Crippen molar-refractivity contribution < 1.29 is 0 Å². The summed E-state index contributed by atoms with van der Waals surface area (Å²) in [6.45, 7) is 3.99. The minimum Gasteiger partial charge on any atom is -0.332 e. The molecule has 0 amide bonds. The molecule has 3 heteroatoms. The van der Waals surface area contributed by atoms with Crippen LogP contribution in [-0.4, -0.2) is 0 Å². The highest BCUT2D eigenvalue weighted by atomic mass is 31.1. The lowest BCUT2D eigenvalue weighted by molar-refractivity contribution is 0.620. The van der Waals surface area contributed by atoms with Gasteiger partial charge >= 0.3 is 0 Å². The Labute approximate surface area is 273 Å². The maximum atomic E-state index is 3.99. The van der Waals surface area contributed by atoms with Crippen LogP contribution in [0.5, 0.6) is 0 Å². The summed E-state index contributed by atoms with van der Waals surface area (Å²) in [4.78, 5) is 4.81. The molecule has 0 bridgehead atoms. The van der Waals surface area contributed by atoms with Crippen molar-refractivity contribution in [1.82, 2.24) is 0 Å². The largest absolute Gasteiger partial charge is 0.332 e. The molecular formula is C43H33N2P. The molecule has 1 fully saturated rings. The van der Waals surface area contributed by atoms with E-state index in [1.54, 1.807) is 0 Å². The second-order valence-corrected chi connectivity index (χ2v) is 13.7. The first kappa shape index (κ1) is 28.3. The summed E-state index contributed by atoms with van der Waals surface area (Å²) in [5.41, 5.74) is 4.84. The molecule has 7 aromatic rings. The van der Waals surface area contributed by atoms with Gasteiger partial charge in [0.15, 0.2) is 0 Å². The van der Waals surface area contributed by atoms with E-state index in [0.717, 1.165) is 5.69 Å². The average molecular weight is 609 g/mol. The fourth-order valence-corrected chi connectivity index (χ4v) is 9.20. The summed E-state index contributed by atoms with van der Waals surface area (Å²) in [6.07, 6.45) is 0. The second-order valence-electron chi connectivity index (χ2n) is 11.5. The minimum absolute atomic E-state index is 0.00232. The number of benzene rings is 7. The highest BCUT2D eigenvalue weighted by Crippen LogP contribution is 2.52. The van der Waals surface area contributed by atoms with Crippen LogP contribution in [0.3, 0.4) is 0 Å². The van der Waals surface area contributed by atoms with Crippen molar-refractivity contribution in [1.29, 1.82) is 0 Å². The zero-order valence-electron chi connectivity index (χ0n) is 25.4. The Bertz CT molecular complexity index is 1990. The maximum Gasteiger partial charge on any atom is 0.210 e. The van der Waals surface area contributed by atoms with Gasteiger partial charge in [-0.3, -0.25) is 0 Å². The number of fused-ring (bicyclic) bond motifs is 1. The molecule has 0 spiro atoms. The van der Waals surface area contributed by atoms with Crippen molar-refractivity contribution in [2.45, 2.75) is 12.1 Å². The molecule has 2 nitrogen and oxygen atoms in total. The van der Waals surface area contributed by atoms with Gasteiger partial charge in [-0.1, -0.05) is 176 Å². The third-order valence-corrected chi connectivity index (χ3v) is 11.2. The summed E-state index contributed by atoms with van der Waals surface area (Å²) in [5, 5.41) is 6.43. The first-order valence-electron chi connectivity index (χ1n) is 15.8. The number of rotatable bonds is 7. The molecule has 46 heavy (non-hydrogen) atoms. The lowest BCUT2D eigenvalue weighted by Crippen LogP contribution is -2.30. The predicted octanol–water partition coefficient (Wildman–Crippen LogP) is 9.40. The topological polar surface area (TPSA) is 6.48 Å². The van der Waals surface area contributed by atoms with Crippen LogP contribution in [0.2, 0.25) is 0 Å². The maximum absolute atomic E-state index is 3.99. The highest BCUT2D eigenvalue weighted by molar-refractivity contribution is 7.80. The molecule has 0 aliphatic carbocycles. The Hall–Kier alpha value is -5.17. The number of anilines is 2. The van der Waals surface area contributed by atoms with Crippen LogP contribution in [0.4, 0.5) is 11.4 Å². The molecule has 0 saturated carbocycles. The van der Waals surface area contributed by atoms with Crippen LogP contribution in [0.25, 0.3) is 10.8 Å². The van der Waals surface area contributed by atoms with E-state index in [4.69, 9.17) is 0 Å². The van der Waals surface area contributed by atoms with E-state index in [2.05, 4.69) is 205 Å². The van der Waals surface area contributed by atoms with E-state index in [9.17, 15) is 0 Å². The third kappa shape index (κ3) is 5.26. The molecule has 1 saturated heterocycles. The number of nitrogens with zero attached hydrogens (tertiary/aromatic N) is 2. The Kier molecular flexibility index (Phi) is 7.80. The molecular weight excluding hydrogens is 575 g/mol. The van der Waals surface area contributed by atoms with Crippen LogP contribution in [-0.2, 0) is 0 Å². The van der Waals surface area contributed by atoms with Crippen molar-refractivity contribution in [2.75, 3.05) is 9.80 Å². The number of hydrogen-bond acceptors (Lipinski definition) is 2. The summed E-state index contributed by atoms with van der Waals surface area (Å²) in [7, 11) is -0.881. The predicted molar refractivity (Wildman–Crippen MR) is 196 cm³/mol. The fraction of sp³-hybridized carbons (Fsp3) is 0.0465. The Morgan fingerprint density at radius 2 is 0.870 bits per heavy atom. The zero-order valence-corrected chi connectivity index (χ0v) is 26.3. The third-order valence-electron chi connectivity index (χ3n) is 8.78. The SMILES string of the molecule is [C]1N(c2ccccc2)[C@@H](c2ccccc2)[C@H](c2ccccc2)N1c1c(P(c2ccccc2)c2ccccc2)ccc2ccccc12. The minimum atomic E-state index is -0.881. The summed E-state index contributed by atoms with van der Waals surface area (Å²) in [6, 6.07) is 68.0. The first-order valence-corrected chi connectivity index (χ1v) is 17.1. The summed E-state index contributed by atoms with van der Waals surface area (Å²) in [5.74, 6) is 0. The normalized spacial score (nSPS) is 16.3. The monoisotopic (exact) mass is 608 g/mol. The Balaban J connectivity index is 1.42. The second kappa shape index (κ2) is 12.7. The lowest BCUT2D eigenvalue weighted by Gasteiger charge is -2.33. The lowest BCUT2D eigenvalue weighted by atomic mass is 9.92. The molecule has 1 aliphatic heterocycles. The van der Waals surface area contributed by atoms with E-state index < -0.39 is 7.92 Å². The van der Waals surface area contributed by atoms with Gasteiger partial charge in [0.05, 0.1) is 17.8 Å². The van der Waals surface area contributed by atoms with Gasteiger partial charge in [0, 0.05) is 16.4 Å². The van der Waals surface area contributed by atoms with Crippen molar-refractivity contribution in [3.8, 4) is 0 Å². The first-order chi connectivity index (χ1) is 22.9. The molecule has 7 aromatic carbocycles. The quantitative estimate of drug-likeness (QED) is 0.166. The summed E-state index contributed by atoms with van der Waals surface area (Å²) >= 11 is 0. The molecule has 2 atom stereocenters. The van der Waals surface area contributed by atoms with Gasteiger partial charge in [-0.15, -0.1) is 0 Å². The molecule has 0 aromatic heterocycles. The standard InChI is InChI=1S/C43H33N2P/c1-6-19-34(20-7-1)41-42(35-21-8-2-9-22-35)45(32-44(41)36-23-10-3-11-24-36)43-39-29-17-16-18-33(39)30-31-40(43)46(37-25-12-4-13-26-37)38-27-14-5-15-28-38/h1-31,41-42H/t41-,42-/m0/s1. The average Bonchev–Trinajstić information content (AvgIpc) is 3.54. The van der Waals surface area contributed by atoms with Gasteiger partial charge in [0.1, 0.15) is 0 Å². The van der Waals surface area contributed by atoms with E-state index >= 15 is 0 Å². The van der Waals surface area contributed by atoms with Gasteiger partial charge in [-0.05, 0) is 47.2 Å². The number of para-hydroxylation sites is 1. The van der Waals surface area contributed by atoms with Crippen LogP contribution >= 0.6 is 7.92 Å². The van der Waals surface area contributed by atoms with E-state index in [1.165, 1.54) is 43.5 Å². The van der Waals surface area contributed by atoms with Crippen molar-refractivity contribution in [2.24, 2.45) is 0 Å². The van der Waals surface area contributed by atoms with Crippen LogP contribution in [0.1, 0.15) is 23.2 Å². The molecule has 2 radical (unpaired) electrons. The zero-order chi connectivity index (χ0) is 30.7. The van der Waals surface area contributed by atoms with E-state index in [-0.39, 0.29) is 12.1 Å². The van der Waals surface area contributed by atoms with Crippen molar-refractivity contribution in [3.63, 3.8) is 0 Å². The molecule has 8 rings (SSSR count). The molecule has 0 N–H and O–H groups in total. The molecule has 220 valence electrons. The van der Waals surface area contributed by atoms with Gasteiger partial charge in [0.25, 0.3) is 0 Å². The van der Waals surface area contributed by atoms with Crippen LogP contribution in [0.15, 0.2) is 188 Å². The summed E-state index contributed by atoms with van der Waals surface area (Å²) < 4.78 is 0. The fourth-order valence-electron chi connectivity index (χ4n) is 6.74. The van der Waals surface area contributed by atoms with Crippen molar-refractivity contribution in [3.05, 3.63) is 206 Å². The van der Waals surface area contributed by atoms with E-state index in [0.29, 0.717) is 0 Å². The molecule has 0 unspecified atom stereocenters. The molecule has 1 aliphatic rings. The Morgan fingerprint density at radius 1 is 0.413 bits per heavy atom. The van der Waals surface area contributed by atoms with Crippen LogP contribution < -0.4 is 25.7 Å². The van der Waals surface area contributed by atoms with Gasteiger partial charge in [0.2, 0.25) is 6.67 Å².